The molecule has 2 atom stereocenters. The Kier molecular flexibility index (Phi) is 4.37. The fourth-order valence-electron chi connectivity index (χ4n) is 4.85. The molecule has 136 valence electrons. The van der Waals surface area contributed by atoms with Gasteiger partial charge in [0, 0.05) is 25.7 Å². The Hall–Kier alpha value is -0.660. The molecule has 2 heterocycles. The molecule has 0 bridgehead atoms. The zero-order chi connectivity index (χ0) is 16.8. The highest BCUT2D eigenvalue weighted by Crippen LogP contribution is 2.44. The summed E-state index contributed by atoms with van der Waals surface area (Å²) in [7, 11) is -3.07. The van der Waals surface area contributed by atoms with Gasteiger partial charge in [-0.1, -0.05) is 12.8 Å². The number of nitrogens with one attached hydrogen (secondary N) is 2. The van der Waals surface area contributed by atoms with Crippen molar-refractivity contribution in [2.75, 3.05) is 26.2 Å². The van der Waals surface area contributed by atoms with E-state index in [0.717, 1.165) is 58.0 Å². The second-order valence-corrected chi connectivity index (χ2v) is 10.3. The first kappa shape index (κ1) is 16.8. The molecule has 2 N–H and O–H groups in total. The van der Waals surface area contributed by atoms with Crippen LogP contribution in [0.3, 0.4) is 0 Å². The molecular weight excluding hydrogens is 326 g/mol. The second kappa shape index (κ2) is 6.25. The molecule has 0 aromatic rings. The summed E-state index contributed by atoms with van der Waals surface area (Å²) in [5.74, 6) is 0.683. The number of piperidine rings is 1. The third kappa shape index (κ3) is 2.88. The van der Waals surface area contributed by atoms with Crippen molar-refractivity contribution in [3.8, 4) is 0 Å². The van der Waals surface area contributed by atoms with Gasteiger partial charge in [-0.15, -0.1) is 0 Å². The van der Waals surface area contributed by atoms with Gasteiger partial charge in [0.05, 0.1) is 10.7 Å². The molecule has 7 heteroatoms. The van der Waals surface area contributed by atoms with Crippen molar-refractivity contribution in [1.29, 1.82) is 0 Å². The Morgan fingerprint density at radius 3 is 2.54 bits per heavy atom. The van der Waals surface area contributed by atoms with Crippen LogP contribution >= 0.6 is 0 Å². The molecule has 0 radical (unpaired) electrons. The van der Waals surface area contributed by atoms with Gasteiger partial charge in [0.1, 0.15) is 0 Å². The monoisotopic (exact) mass is 355 g/mol. The summed E-state index contributed by atoms with van der Waals surface area (Å²) in [5.41, 5.74) is -0.213. The Bertz CT molecular complexity index is 596. The van der Waals surface area contributed by atoms with Gasteiger partial charge >= 0.3 is 0 Å². The fourth-order valence-corrected chi connectivity index (χ4v) is 6.72. The predicted molar refractivity (Wildman–Crippen MR) is 91.9 cm³/mol. The average Bonchev–Trinajstić information content (AvgIpc) is 3.35. The lowest BCUT2D eigenvalue weighted by atomic mass is 9.67. The van der Waals surface area contributed by atoms with E-state index < -0.39 is 10.0 Å². The summed E-state index contributed by atoms with van der Waals surface area (Å²) in [6.45, 7) is 2.88. The number of carbonyl (C=O) groups excluding carboxylic acids is 1. The van der Waals surface area contributed by atoms with Crippen molar-refractivity contribution in [2.24, 2.45) is 11.3 Å². The summed E-state index contributed by atoms with van der Waals surface area (Å²) in [6.07, 6.45) is 7.63. The zero-order valence-electron chi connectivity index (χ0n) is 14.3. The largest absolute Gasteiger partial charge is 0.353 e. The van der Waals surface area contributed by atoms with E-state index in [4.69, 9.17) is 0 Å². The van der Waals surface area contributed by atoms with Gasteiger partial charge in [-0.05, 0) is 51.0 Å². The molecule has 4 fully saturated rings. The first-order valence-corrected chi connectivity index (χ1v) is 11.0. The number of carbonyl (C=O) groups is 1. The van der Waals surface area contributed by atoms with Crippen LogP contribution in [0.2, 0.25) is 0 Å². The van der Waals surface area contributed by atoms with E-state index in [1.165, 1.54) is 6.42 Å². The highest BCUT2D eigenvalue weighted by atomic mass is 32.2. The number of rotatable bonds is 4. The van der Waals surface area contributed by atoms with E-state index in [-0.39, 0.29) is 22.6 Å². The Labute approximate surface area is 144 Å². The van der Waals surface area contributed by atoms with Gasteiger partial charge in [-0.2, -0.15) is 0 Å². The Morgan fingerprint density at radius 2 is 1.83 bits per heavy atom. The lowest BCUT2D eigenvalue weighted by Gasteiger charge is -2.39. The van der Waals surface area contributed by atoms with Gasteiger partial charge in [0.2, 0.25) is 15.9 Å². The first-order chi connectivity index (χ1) is 11.5. The highest BCUT2D eigenvalue weighted by molar-refractivity contribution is 7.90. The molecule has 0 aromatic carbocycles. The Morgan fingerprint density at radius 1 is 1.08 bits per heavy atom. The van der Waals surface area contributed by atoms with Gasteiger partial charge in [-0.25, -0.2) is 12.7 Å². The maximum absolute atomic E-state index is 13.0. The normalized spacial score (nSPS) is 35.6. The molecule has 6 nitrogen and oxygen atoms in total. The molecule has 0 spiro atoms. The van der Waals surface area contributed by atoms with E-state index in [9.17, 15) is 13.2 Å². The molecular formula is C17H29N3O3S. The molecule has 2 aliphatic carbocycles. The summed E-state index contributed by atoms with van der Waals surface area (Å²) in [5, 5.41) is 6.56. The summed E-state index contributed by atoms with van der Waals surface area (Å²) in [4.78, 5) is 13.0. The molecule has 4 rings (SSSR count). The van der Waals surface area contributed by atoms with Crippen LogP contribution in [0.15, 0.2) is 0 Å². The smallest absolute Gasteiger partial charge is 0.228 e. The predicted octanol–water partition coefficient (Wildman–Crippen LogP) is 0.839. The average molecular weight is 356 g/mol. The van der Waals surface area contributed by atoms with Crippen LogP contribution in [0.5, 0.6) is 0 Å². The summed E-state index contributed by atoms with van der Waals surface area (Å²) < 4.78 is 26.3. The lowest BCUT2D eigenvalue weighted by molar-refractivity contribution is -0.135. The molecule has 2 saturated carbocycles. The molecule has 2 saturated heterocycles. The lowest BCUT2D eigenvalue weighted by Crippen LogP contribution is -2.53. The van der Waals surface area contributed by atoms with Crippen LogP contribution in [0, 0.1) is 11.3 Å². The van der Waals surface area contributed by atoms with Crippen molar-refractivity contribution >= 4 is 15.9 Å². The fraction of sp³-hybridized carbons (Fsp3) is 0.941. The van der Waals surface area contributed by atoms with E-state index in [1.807, 2.05) is 0 Å². The number of sulfonamides is 1. The van der Waals surface area contributed by atoms with E-state index in [1.54, 1.807) is 4.31 Å². The van der Waals surface area contributed by atoms with Crippen molar-refractivity contribution < 1.29 is 13.2 Å². The van der Waals surface area contributed by atoms with Crippen LogP contribution in [-0.2, 0) is 14.8 Å². The third-order valence-corrected chi connectivity index (χ3v) is 8.98. The van der Waals surface area contributed by atoms with Crippen molar-refractivity contribution in [3.05, 3.63) is 0 Å². The van der Waals surface area contributed by atoms with Crippen molar-refractivity contribution in [2.45, 2.75) is 62.7 Å². The number of amides is 1. The topological polar surface area (TPSA) is 78.5 Å². The quantitative estimate of drug-likeness (QED) is 0.783. The zero-order valence-corrected chi connectivity index (χ0v) is 15.1. The molecule has 0 aromatic heterocycles. The number of fused-ring (bicyclic) bond motifs is 1. The minimum atomic E-state index is -3.07. The second-order valence-electron chi connectivity index (χ2n) is 8.12. The van der Waals surface area contributed by atoms with Crippen molar-refractivity contribution in [1.82, 2.24) is 14.9 Å². The highest BCUT2D eigenvalue weighted by Gasteiger charge is 2.50. The maximum Gasteiger partial charge on any atom is 0.228 e. The van der Waals surface area contributed by atoms with Gasteiger partial charge in [-0.3, -0.25) is 4.79 Å². The summed E-state index contributed by atoms with van der Waals surface area (Å²) in [6, 6.07) is 0.126. The number of hydrogen-bond acceptors (Lipinski definition) is 4. The molecule has 24 heavy (non-hydrogen) atoms. The van der Waals surface area contributed by atoms with Gasteiger partial charge in [0.25, 0.3) is 0 Å². The molecule has 4 aliphatic rings. The van der Waals surface area contributed by atoms with E-state index in [0.29, 0.717) is 19.0 Å². The van der Waals surface area contributed by atoms with E-state index in [2.05, 4.69) is 10.6 Å². The van der Waals surface area contributed by atoms with Crippen LogP contribution in [0.25, 0.3) is 0 Å². The van der Waals surface area contributed by atoms with E-state index >= 15 is 0 Å². The minimum absolute atomic E-state index is 0.126. The molecule has 2 aliphatic heterocycles. The van der Waals surface area contributed by atoms with Crippen LogP contribution < -0.4 is 10.6 Å². The molecule has 1 amide bonds. The van der Waals surface area contributed by atoms with Crippen molar-refractivity contribution in [3.63, 3.8) is 0 Å². The molecule has 0 unspecified atom stereocenters. The Balaban J connectivity index is 1.34. The van der Waals surface area contributed by atoms with Gasteiger partial charge in [0.15, 0.2) is 0 Å². The van der Waals surface area contributed by atoms with Crippen LogP contribution in [0.1, 0.15) is 51.4 Å². The van der Waals surface area contributed by atoms with Crippen LogP contribution in [0.4, 0.5) is 0 Å². The summed E-state index contributed by atoms with van der Waals surface area (Å²) >= 11 is 0. The minimum Gasteiger partial charge on any atom is -0.353 e. The standard InChI is InChI=1S/C17H29N3O3S/c21-16(17-8-2-1-3-13(17)11-18-12-17)19-14-6-9-20(10-7-14)24(22,23)15-4-5-15/h13-15,18H,1-12H2,(H,19,21)/t13-,17+/m0/s1. The van der Waals surface area contributed by atoms with Crippen LogP contribution in [-0.4, -0.2) is 56.1 Å². The van der Waals surface area contributed by atoms with Gasteiger partial charge < -0.3 is 10.6 Å². The third-order valence-electron chi connectivity index (χ3n) is 6.58. The first-order valence-electron chi connectivity index (χ1n) is 9.53. The number of hydrogen-bond donors (Lipinski definition) is 2. The number of nitrogens with zero attached hydrogens (tertiary/aromatic N) is 1. The SMILES string of the molecule is O=C(NC1CCN(S(=O)(=O)C2CC2)CC1)[C@@]12CCCC[C@H]1CNC2. The maximum atomic E-state index is 13.0.